The van der Waals surface area contributed by atoms with Gasteiger partial charge in [0.15, 0.2) is 5.60 Å². The highest BCUT2D eigenvalue weighted by Gasteiger charge is 2.54. The van der Waals surface area contributed by atoms with Crippen LogP contribution in [0.3, 0.4) is 0 Å². The molecule has 4 unspecified atom stereocenters. The van der Waals surface area contributed by atoms with Crippen molar-refractivity contribution in [1.29, 1.82) is 0 Å². The molecular formula is C24H31BrN4O4. The van der Waals surface area contributed by atoms with Crippen LogP contribution in [-0.4, -0.2) is 51.5 Å². The van der Waals surface area contributed by atoms with Gasteiger partial charge < -0.3 is 32.6 Å². The maximum atomic E-state index is 13.6. The zero-order chi connectivity index (χ0) is 22.8. The van der Waals surface area contributed by atoms with E-state index in [2.05, 4.69) is 10.2 Å². The van der Waals surface area contributed by atoms with E-state index < -0.39 is 29.7 Å². The van der Waals surface area contributed by atoms with Gasteiger partial charge in [0, 0.05) is 25.0 Å². The number of esters is 1. The van der Waals surface area contributed by atoms with E-state index >= 15 is 0 Å². The van der Waals surface area contributed by atoms with Crippen LogP contribution >= 0.6 is 0 Å². The number of carbonyl (C=O) groups is 2. The van der Waals surface area contributed by atoms with Gasteiger partial charge in [-0.1, -0.05) is 43.2 Å². The third-order valence-electron chi connectivity index (χ3n) is 7.20. The van der Waals surface area contributed by atoms with E-state index in [1.165, 1.54) is 6.20 Å². The molecule has 2 aromatic rings. The molecule has 1 aliphatic carbocycles. The first-order chi connectivity index (χ1) is 15.4. The minimum absolute atomic E-state index is 0. The normalized spacial score (nSPS) is 25.6. The highest BCUT2D eigenvalue weighted by atomic mass is 79.9. The van der Waals surface area contributed by atoms with Gasteiger partial charge in [-0.05, 0) is 30.5 Å². The van der Waals surface area contributed by atoms with Crippen molar-refractivity contribution in [2.45, 2.75) is 56.4 Å². The van der Waals surface area contributed by atoms with Crippen molar-refractivity contribution in [3.05, 3.63) is 59.9 Å². The lowest BCUT2D eigenvalue weighted by Gasteiger charge is -2.41. The van der Waals surface area contributed by atoms with Gasteiger partial charge in [0.2, 0.25) is 12.3 Å². The Kier molecular flexibility index (Phi) is 7.87. The third kappa shape index (κ3) is 4.67. The lowest BCUT2D eigenvalue weighted by atomic mass is 9.80. The van der Waals surface area contributed by atoms with E-state index in [1.807, 2.05) is 25.2 Å². The number of nitrogens with zero attached hydrogens (tertiary/aromatic N) is 3. The largest absolute Gasteiger partial charge is 1.00 e. The topological polar surface area (TPSA) is 115 Å². The number of primary amides is 1. The van der Waals surface area contributed by atoms with Crippen LogP contribution in [-0.2, 0) is 19.9 Å². The summed E-state index contributed by atoms with van der Waals surface area (Å²) in [6.45, 7) is 0.593. The van der Waals surface area contributed by atoms with E-state index in [9.17, 15) is 14.7 Å². The molecule has 0 bridgehead atoms. The second-order valence-electron chi connectivity index (χ2n) is 9.14. The van der Waals surface area contributed by atoms with Gasteiger partial charge in [-0.2, -0.15) is 5.10 Å². The summed E-state index contributed by atoms with van der Waals surface area (Å²) < 4.78 is 6.13. The first-order valence-corrected chi connectivity index (χ1v) is 11.3. The lowest BCUT2D eigenvalue weighted by molar-refractivity contribution is -0.959. The number of aromatic nitrogens is 2. The molecule has 1 saturated carbocycles. The fraction of sp³-hybridized carbons (Fsp3) is 0.500. The summed E-state index contributed by atoms with van der Waals surface area (Å²) in [4.78, 5) is 26.1. The Morgan fingerprint density at radius 1 is 1.12 bits per heavy atom. The predicted molar refractivity (Wildman–Crippen MR) is 116 cm³/mol. The SMILES string of the molecule is C[N+]1(C(C(N)=O)c2cccnn2)CCCC1OC(=O)C(O)(c1ccccc1)C1CCCC1.[Br-]. The monoisotopic (exact) mass is 518 g/mol. The summed E-state index contributed by atoms with van der Waals surface area (Å²) >= 11 is 0. The van der Waals surface area contributed by atoms with Crippen molar-refractivity contribution in [3.8, 4) is 0 Å². The Labute approximate surface area is 204 Å². The summed E-state index contributed by atoms with van der Waals surface area (Å²) in [5.74, 6) is -1.41. The van der Waals surface area contributed by atoms with Gasteiger partial charge in [-0.15, -0.1) is 5.10 Å². The van der Waals surface area contributed by atoms with Gasteiger partial charge in [0.05, 0.1) is 13.6 Å². The summed E-state index contributed by atoms with van der Waals surface area (Å²) in [7, 11) is 1.85. The number of amides is 1. The molecule has 0 spiro atoms. The molecule has 33 heavy (non-hydrogen) atoms. The molecule has 1 saturated heterocycles. The minimum Gasteiger partial charge on any atom is -1.00 e. The smallest absolute Gasteiger partial charge is 0.347 e. The standard InChI is InChI=1S/C24H30N4O4.BrH/c1-28(21(22(25)29)19-13-7-15-26-27-19)16-8-14-20(28)32-23(30)24(31,18-11-5-6-12-18)17-9-3-2-4-10-17;/h2-4,7,9-10,13,15,18,20-21,31H,5-6,8,11-12,14,16H2,1H3,(H-,25,29);1H. The third-order valence-corrected chi connectivity index (χ3v) is 7.20. The summed E-state index contributed by atoms with van der Waals surface area (Å²) in [6.07, 6.45) is 5.71. The number of likely N-dealkylation sites (tertiary alicyclic amines) is 1. The Balaban J connectivity index is 0.00000306. The van der Waals surface area contributed by atoms with Crippen LogP contribution in [0.15, 0.2) is 48.7 Å². The van der Waals surface area contributed by atoms with Crippen LogP contribution < -0.4 is 22.7 Å². The Morgan fingerprint density at radius 3 is 2.42 bits per heavy atom. The number of hydrogen-bond donors (Lipinski definition) is 2. The highest BCUT2D eigenvalue weighted by Crippen LogP contribution is 2.43. The van der Waals surface area contributed by atoms with Crippen molar-refractivity contribution in [3.63, 3.8) is 0 Å². The molecule has 1 aliphatic heterocycles. The summed E-state index contributed by atoms with van der Waals surface area (Å²) in [6, 6.07) is 11.6. The van der Waals surface area contributed by atoms with Crippen molar-refractivity contribution < 1.29 is 40.9 Å². The fourth-order valence-corrected chi connectivity index (χ4v) is 5.49. The molecule has 2 aliphatic rings. The zero-order valence-corrected chi connectivity index (χ0v) is 20.4. The molecule has 4 rings (SSSR count). The number of hydrogen-bond acceptors (Lipinski definition) is 6. The first-order valence-electron chi connectivity index (χ1n) is 11.3. The molecule has 2 heterocycles. The van der Waals surface area contributed by atoms with E-state index in [-0.39, 0.29) is 27.4 Å². The van der Waals surface area contributed by atoms with Gasteiger partial charge in [0.1, 0.15) is 5.69 Å². The van der Waals surface area contributed by atoms with E-state index in [4.69, 9.17) is 10.5 Å². The van der Waals surface area contributed by atoms with Gasteiger partial charge in [-0.3, -0.25) is 9.28 Å². The quantitative estimate of drug-likeness (QED) is 0.366. The van der Waals surface area contributed by atoms with E-state index in [0.717, 1.165) is 32.1 Å². The molecule has 1 amide bonds. The molecule has 1 aromatic carbocycles. The maximum absolute atomic E-state index is 13.6. The van der Waals surface area contributed by atoms with Crippen LogP contribution in [0.4, 0.5) is 0 Å². The highest BCUT2D eigenvalue weighted by molar-refractivity contribution is 5.82. The van der Waals surface area contributed by atoms with Crippen molar-refractivity contribution >= 4 is 11.9 Å². The molecule has 9 heteroatoms. The van der Waals surface area contributed by atoms with E-state index in [0.29, 0.717) is 24.2 Å². The number of nitrogens with two attached hydrogens (primary N) is 1. The molecule has 4 atom stereocenters. The van der Waals surface area contributed by atoms with Crippen molar-refractivity contribution in [2.24, 2.45) is 11.7 Å². The molecule has 2 fully saturated rings. The van der Waals surface area contributed by atoms with E-state index in [1.54, 1.807) is 24.3 Å². The Morgan fingerprint density at radius 2 is 1.82 bits per heavy atom. The van der Waals surface area contributed by atoms with Crippen LogP contribution in [0.25, 0.3) is 0 Å². The van der Waals surface area contributed by atoms with Gasteiger partial charge >= 0.3 is 5.97 Å². The number of ether oxygens (including phenoxy) is 1. The number of rotatable bonds is 7. The number of quaternary nitrogens is 1. The predicted octanol–water partition coefficient (Wildman–Crippen LogP) is -0.805. The first kappa shape index (κ1) is 25.3. The molecular weight excluding hydrogens is 488 g/mol. The number of halogens is 1. The molecule has 3 N–H and O–H groups in total. The van der Waals surface area contributed by atoms with Crippen molar-refractivity contribution in [1.82, 2.24) is 10.2 Å². The van der Waals surface area contributed by atoms with Crippen LogP contribution in [0.5, 0.6) is 0 Å². The van der Waals surface area contributed by atoms with Crippen LogP contribution in [0.1, 0.15) is 55.8 Å². The average molecular weight is 519 g/mol. The van der Waals surface area contributed by atoms with Crippen molar-refractivity contribution in [2.75, 3.05) is 13.6 Å². The summed E-state index contributed by atoms with van der Waals surface area (Å²) in [5, 5.41) is 19.7. The number of benzene rings is 1. The summed E-state index contributed by atoms with van der Waals surface area (Å²) in [5.41, 5.74) is 5.06. The van der Waals surface area contributed by atoms with Crippen LogP contribution in [0, 0.1) is 5.92 Å². The number of likely N-dealkylation sites (N-methyl/N-ethyl adjacent to an activating group) is 1. The molecule has 8 nitrogen and oxygen atoms in total. The fourth-order valence-electron chi connectivity index (χ4n) is 5.49. The Bertz CT molecular complexity index is 957. The second kappa shape index (κ2) is 10.3. The molecule has 178 valence electrons. The van der Waals surface area contributed by atoms with Gasteiger partial charge in [-0.25, -0.2) is 4.79 Å². The second-order valence-corrected chi connectivity index (χ2v) is 9.14. The molecule has 1 aromatic heterocycles. The lowest BCUT2D eigenvalue weighted by Crippen LogP contribution is -3.00. The average Bonchev–Trinajstić information content (AvgIpc) is 3.45. The van der Waals surface area contributed by atoms with Gasteiger partial charge in [0.25, 0.3) is 5.91 Å². The Hall–Kier alpha value is -2.36. The minimum atomic E-state index is -1.72. The maximum Gasteiger partial charge on any atom is 0.347 e. The molecule has 0 radical (unpaired) electrons. The number of carbonyl (C=O) groups excluding carboxylic acids is 2. The number of aliphatic hydroxyl groups is 1. The zero-order valence-electron chi connectivity index (χ0n) is 18.8. The van der Waals surface area contributed by atoms with Crippen LogP contribution in [0.2, 0.25) is 0 Å².